The molecule has 8 nitrogen and oxygen atoms in total. The highest BCUT2D eigenvalue weighted by atomic mass is 35.5. The largest absolute Gasteiger partial charge is 0.489 e. The van der Waals surface area contributed by atoms with Crippen LogP contribution in [0.4, 0.5) is 5.69 Å². The molecular formula is C30H23ClN2O6S2. The number of carbonyl (C=O) groups is 3. The number of esters is 1. The fraction of sp³-hybridized carbons (Fsp3) is 0.200. The van der Waals surface area contributed by atoms with E-state index in [1.165, 1.54) is 28.8 Å². The van der Waals surface area contributed by atoms with Gasteiger partial charge in [-0.25, -0.2) is 9.69 Å². The Morgan fingerprint density at radius 3 is 2.54 bits per heavy atom. The van der Waals surface area contributed by atoms with E-state index in [1.807, 2.05) is 42.5 Å². The van der Waals surface area contributed by atoms with Crippen molar-refractivity contribution in [3.8, 4) is 5.75 Å². The van der Waals surface area contributed by atoms with Crippen LogP contribution in [0.5, 0.6) is 5.75 Å². The number of hydrogen-bond donors (Lipinski definition) is 1. The van der Waals surface area contributed by atoms with Crippen LogP contribution in [0.15, 0.2) is 82.6 Å². The number of halogens is 1. The van der Waals surface area contributed by atoms with E-state index in [0.717, 1.165) is 16.9 Å². The van der Waals surface area contributed by atoms with Crippen LogP contribution in [-0.4, -0.2) is 34.6 Å². The molecule has 3 aromatic carbocycles. The molecule has 3 atom stereocenters. The first-order valence-corrected chi connectivity index (χ1v) is 14.9. The summed E-state index contributed by atoms with van der Waals surface area (Å²) in [6.45, 7) is 2.20. The van der Waals surface area contributed by atoms with E-state index in [-0.39, 0.29) is 29.9 Å². The van der Waals surface area contributed by atoms with Crippen molar-refractivity contribution in [2.75, 3.05) is 11.5 Å². The number of amides is 2. The smallest absolute Gasteiger partial charge is 0.338 e. The number of anilines is 1. The number of benzene rings is 3. The Labute approximate surface area is 248 Å². The maximum atomic E-state index is 14.1. The first-order valence-electron chi connectivity index (χ1n) is 12.9. The third kappa shape index (κ3) is 5.07. The first kappa shape index (κ1) is 27.3. The average Bonchev–Trinajstić information content (AvgIpc) is 3.46. The molecule has 0 saturated carbocycles. The summed E-state index contributed by atoms with van der Waals surface area (Å²) in [5, 5.41) is 0.422. The molecule has 0 aliphatic carbocycles. The number of rotatable bonds is 7. The summed E-state index contributed by atoms with van der Waals surface area (Å²) in [6.07, 6.45) is 0. The number of thiazole rings is 1. The van der Waals surface area contributed by atoms with Crippen molar-refractivity contribution >= 4 is 58.2 Å². The molecule has 41 heavy (non-hydrogen) atoms. The topological polar surface area (TPSA) is 106 Å². The van der Waals surface area contributed by atoms with Crippen molar-refractivity contribution in [1.82, 2.24) is 4.98 Å². The Morgan fingerprint density at radius 1 is 1.00 bits per heavy atom. The predicted octanol–water partition coefficient (Wildman–Crippen LogP) is 5.64. The quantitative estimate of drug-likeness (QED) is 0.214. The summed E-state index contributed by atoms with van der Waals surface area (Å²) in [4.78, 5) is 56.8. The van der Waals surface area contributed by atoms with Gasteiger partial charge in [-0.1, -0.05) is 65.0 Å². The van der Waals surface area contributed by atoms with Crippen LogP contribution < -0.4 is 14.5 Å². The third-order valence-electron chi connectivity index (χ3n) is 7.00. The van der Waals surface area contributed by atoms with E-state index in [2.05, 4.69) is 4.98 Å². The van der Waals surface area contributed by atoms with Gasteiger partial charge in [-0.3, -0.25) is 14.4 Å². The van der Waals surface area contributed by atoms with Gasteiger partial charge in [0.2, 0.25) is 11.8 Å². The SMILES string of the molecule is CCOC(=O)c1ccc(N2C(=O)C3Sc4[nH]c(=O)sc4C(c4ccccc4OCc4cccc(Cl)c4)C3C2=O)cc1. The highest BCUT2D eigenvalue weighted by molar-refractivity contribution is 8.00. The van der Waals surface area contributed by atoms with Gasteiger partial charge >= 0.3 is 10.8 Å². The maximum absolute atomic E-state index is 14.1. The summed E-state index contributed by atoms with van der Waals surface area (Å²) >= 11 is 8.39. The number of thioether (sulfide) groups is 1. The number of fused-ring (bicyclic) bond motifs is 2. The Bertz CT molecular complexity index is 1720. The molecule has 208 valence electrons. The zero-order valence-corrected chi connectivity index (χ0v) is 24.1. The molecule has 1 aromatic heterocycles. The monoisotopic (exact) mass is 606 g/mol. The summed E-state index contributed by atoms with van der Waals surface area (Å²) in [7, 11) is 0. The first-order chi connectivity index (χ1) is 19.9. The number of aromatic amines is 1. The van der Waals surface area contributed by atoms with Gasteiger partial charge in [0.25, 0.3) is 0 Å². The second-order valence-corrected chi connectivity index (χ2v) is 12.1. The van der Waals surface area contributed by atoms with Gasteiger partial charge in [-0.05, 0) is 55.0 Å². The lowest BCUT2D eigenvalue weighted by molar-refractivity contribution is -0.122. The second kappa shape index (κ2) is 11.2. The van der Waals surface area contributed by atoms with Crippen molar-refractivity contribution in [3.05, 3.63) is 109 Å². The van der Waals surface area contributed by atoms with Gasteiger partial charge in [0.05, 0.1) is 28.8 Å². The lowest BCUT2D eigenvalue weighted by atomic mass is 9.82. The third-order valence-corrected chi connectivity index (χ3v) is 9.63. The number of imide groups is 1. The molecule has 1 saturated heterocycles. The molecule has 0 radical (unpaired) electrons. The lowest BCUT2D eigenvalue weighted by Crippen LogP contribution is -2.32. The Hall–Kier alpha value is -3.86. The van der Waals surface area contributed by atoms with E-state index in [4.69, 9.17) is 21.1 Å². The van der Waals surface area contributed by atoms with Crippen molar-refractivity contribution in [3.63, 3.8) is 0 Å². The number of carbonyl (C=O) groups excluding carboxylic acids is 3. The molecule has 3 heterocycles. The lowest BCUT2D eigenvalue weighted by Gasteiger charge is -2.30. The Balaban J connectivity index is 1.37. The van der Waals surface area contributed by atoms with Crippen molar-refractivity contribution in [2.45, 2.75) is 29.7 Å². The zero-order valence-electron chi connectivity index (χ0n) is 21.7. The van der Waals surface area contributed by atoms with E-state index in [1.54, 1.807) is 25.1 Å². The van der Waals surface area contributed by atoms with E-state index in [9.17, 15) is 19.2 Å². The highest BCUT2D eigenvalue weighted by Crippen LogP contribution is 2.54. The fourth-order valence-electron chi connectivity index (χ4n) is 5.22. The van der Waals surface area contributed by atoms with Crippen molar-refractivity contribution in [2.24, 2.45) is 5.92 Å². The van der Waals surface area contributed by atoms with E-state index in [0.29, 0.717) is 37.5 Å². The van der Waals surface area contributed by atoms with Gasteiger partial charge in [0.1, 0.15) is 17.6 Å². The van der Waals surface area contributed by atoms with Crippen LogP contribution in [0.3, 0.4) is 0 Å². The molecule has 2 amide bonds. The molecule has 6 rings (SSSR count). The van der Waals surface area contributed by atoms with Gasteiger partial charge in [-0.15, -0.1) is 0 Å². The van der Waals surface area contributed by atoms with E-state index < -0.39 is 23.1 Å². The van der Waals surface area contributed by atoms with Crippen LogP contribution in [0.1, 0.15) is 39.2 Å². The van der Waals surface area contributed by atoms with Crippen LogP contribution >= 0.6 is 34.7 Å². The minimum absolute atomic E-state index is 0.238. The zero-order chi connectivity index (χ0) is 28.7. The number of H-pyrrole nitrogens is 1. The van der Waals surface area contributed by atoms with Crippen LogP contribution in [0.25, 0.3) is 0 Å². The number of nitrogens with zero attached hydrogens (tertiary/aromatic N) is 1. The molecule has 3 unspecified atom stereocenters. The van der Waals surface area contributed by atoms with Gasteiger partial charge in [0, 0.05) is 21.4 Å². The molecule has 0 bridgehead atoms. The predicted molar refractivity (Wildman–Crippen MR) is 157 cm³/mol. The molecule has 1 N–H and O–H groups in total. The normalized spacial score (nSPS) is 19.6. The van der Waals surface area contributed by atoms with Gasteiger partial charge < -0.3 is 14.5 Å². The van der Waals surface area contributed by atoms with Crippen molar-refractivity contribution < 1.29 is 23.9 Å². The summed E-state index contributed by atoms with van der Waals surface area (Å²) in [6, 6.07) is 20.9. The van der Waals surface area contributed by atoms with Gasteiger partial charge in [0.15, 0.2) is 0 Å². The minimum Gasteiger partial charge on any atom is -0.489 e. The van der Waals surface area contributed by atoms with Crippen LogP contribution in [-0.2, 0) is 20.9 Å². The summed E-state index contributed by atoms with van der Waals surface area (Å²) in [5.74, 6) is -2.05. The molecule has 2 aliphatic rings. The average molecular weight is 607 g/mol. The molecule has 2 aliphatic heterocycles. The molecular weight excluding hydrogens is 584 g/mol. The fourth-order valence-corrected chi connectivity index (χ4v) is 7.94. The van der Waals surface area contributed by atoms with E-state index >= 15 is 0 Å². The number of aromatic nitrogens is 1. The Kier molecular flexibility index (Phi) is 7.46. The molecule has 4 aromatic rings. The van der Waals surface area contributed by atoms with Crippen LogP contribution in [0.2, 0.25) is 5.02 Å². The van der Waals surface area contributed by atoms with Crippen LogP contribution in [0, 0.1) is 5.92 Å². The van der Waals surface area contributed by atoms with Gasteiger partial charge in [-0.2, -0.15) is 0 Å². The summed E-state index contributed by atoms with van der Waals surface area (Å²) in [5.41, 5.74) is 2.27. The van der Waals surface area contributed by atoms with Crippen molar-refractivity contribution in [1.29, 1.82) is 0 Å². The number of hydrogen-bond acceptors (Lipinski definition) is 8. The molecule has 0 spiro atoms. The second-order valence-electron chi connectivity index (χ2n) is 9.49. The number of nitrogens with one attached hydrogen (secondary N) is 1. The number of ether oxygens (including phenoxy) is 2. The molecule has 11 heteroatoms. The molecule has 1 fully saturated rings. The highest BCUT2D eigenvalue weighted by Gasteiger charge is 2.56. The standard InChI is InChI=1S/C30H23ClN2O6S2/c1-2-38-29(36)17-10-12-19(13-11-17)33-27(34)23-22(24-26(32-30(37)41-24)40-25(23)28(33)35)20-8-3-4-9-21(20)39-15-16-6-5-7-18(31)14-16/h3-14,22-23,25H,2,15H2,1H3,(H,32,37). The maximum Gasteiger partial charge on any atom is 0.338 e. The Morgan fingerprint density at radius 2 is 1.78 bits per heavy atom. The minimum atomic E-state index is -0.771. The summed E-state index contributed by atoms with van der Waals surface area (Å²) < 4.78 is 11.3. The number of para-hydroxylation sites is 1.